The lowest BCUT2D eigenvalue weighted by molar-refractivity contribution is 0.502. The first kappa shape index (κ1) is 11.6. The molecule has 16 heavy (non-hydrogen) atoms. The molecule has 0 fully saturated rings. The molecule has 0 bridgehead atoms. The van der Waals surface area contributed by atoms with E-state index in [1.54, 1.807) is 12.1 Å². The van der Waals surface area contributed by atoms with Gasteiger partial charge in [-0.1, -0.05) is 18.5 Å². The van der Waals surface area contributed by atoms with Crippen molar-refractivity contribution >= 4 is 27.5 Å². The second kappa shape index (κ2) is 4.97. The van der Waals surface area contributed by atoms with Crippen molar-refractivity contribution in [3.8, 4) is 11.5 Å². The van der Waals surface area contributed by atoms with Crippen LogP contribution in [0.4, 0.5) is 0 Å². The van der Waals surface area contributed by atoms with Crippen molar-refractivity contribution in [3.63, 3.8) is 0 Å². The maximum atomic E-state index is 5.86. The maximum Gasteiger partial charge on any atom is 0.248 e. The Balaban J connectivity index is 2.35. The van der Waals surface area contributed by atoms with Crippen molar-refractivity contribution in [1.29, 1.82) is 0 Å². The Morgan fingerprint density at radius 3 is 2.88 bits per heavy atom. The van der Waals surface area contributed by atoms with Gasteiger partial charge < -0.3 is 4.42 Å². The number of aryl methyl sites for hydroxylation is 1. The number of hydrogen-bond donors (Lipinski definition) is 0. The summed E-state index contributed by atoms with van der Waals surface area (Å²) in [5.74, 6) is 1.19. The van der Waals surface area contributed by atoms with Crippen molar-refractivity contribution in [1.82, 2.24) is 10.2 Å². The lowest BCUT2D eigenvalue weighted by Gasteiger charge is -1.99. The highest BCUT2D eigenvalue weighted by atomic mass is 79.9. The summed E-state index contributed by atoms with van der Waals surface area (Å²) < 4.78 is 6.39. The second-order valence-electron chi connectivity index (χ2n) is 3.38. The fourth-order valence-corrected chi connectivity index (χ4v) is 2.19. The van der Waals surface area contributed by atoms with Crippen molar-refractivity contribution in [2.45, 2.75) is 19.8 Å². The molecule has 1 aromatic heterocycles. The predicted octanol–water partition coefficient (Wildman–Crippen LogP) is 4.11. The van der Waals surface area contributed by atoms with E-state index in [9.17, 15) is 0 Å². The largest absolute Gasteiger partial charge is 0.421 e. The number of rotatable bonds is 3. The van der Waals surface area contributed by atoms with Crippen LogP contribution in [0.5, 0.6) is 0 Å². The molecular formula is C11H10BrClN2O. The van der Waals surface area contributed by atoms with E-state index in [-0.39, 0.29) is 0 Å². The van der Waals surface area contributed by atoms with Gasteiger partial charge in [-0.05, 0) is 40.5 Å². The van der Waals surface area contributed by atoms with Gasteiger partial charge in [0.25, 0.3) is 0 Å². The quantitative estimate of drug-likeness (QED) is 0.856. The molecule has 0 spiro atoms. The summed E-state index contributed by atoms with van der Waals surface area (Å²) >= 11 is 9.28. The predicted molar refractivity (Wildman–Crippen MR) is 66.4 cm³/mol. The minimum atomic E-state index is 0.520. The summed E-state index contributed by atoms with van der Waals surface area (Å²) in [5.41, 5.74) is 0.860. The molecule has 0 amide bonds. The van der Waals surface area contributed by atoms with Crippen LogP contribution in [0.1, 0.15) is 19.2 Å². The van der Waals surface area contributed by atoms with Gasteiger partial charge in [-0.2, -0.15) is 0 Å². The van der Waals surface area contributed by atoms with Crippen LogP contribution >= 0.6 is 27.5 Å². The second-order valence-corrected chi connectivity index (χ2v) is 4.67. The molecule has 5 heteroatoms. The minimum Gasteiger partial charge on any atom is -0.421 e. The Labute approximate surface area is 107 Å². The van der Waals surface area contributed by atoms with Gasteiger partial charge in [0.1, 0.15) is 0 Å². The molecule has 0 aliphatic rings. The maximum absolute atomic E-state index is 5.86. The van der Waals surface area contributed by atoms with Crippen molar-refractivity contribution in [2.24, 2.45) is 0 Å². The molecule has 0 aliphatic carbocycles. The molecule has 3 nitrogen and oxygen atoms in total. The van der Waals surface area contributed by atoms with Crippen LogP contribution in [0.3, 0.4) is 0 Å². The summed E-state index contributed by atoms with van der Waals surface area (Å²) in [4.78, 5) is 0. The van der Waals surface area contributed by atoms with Crippen LogP contribution in [0.2, 0.25) is 5.02 Å². The van der Waals surface area contributed by atoms with E-state index in [1.807, 2.05) is 6.07 Å². The Kier molecular flexibility index (Phi) is 3.61. The zero-order valence-corrected chi connectivity index (χ0v) is 11.0. The van der Waals surface area contributed by atoms with E-state index in [0.717, 1.165) is 22.9 Å². The van der Waals surface area contributed by atoms with Crippen molar-refractivity contribution in [3.05, 3.63) is 33.6 Å². The highest BCUT2D eigenvalue weighted by Gasteiger charge is 2.11. The number of benzene rings is 1. The van der Waals surface area contributed by atoms with E-state index < -0.39 is 0 Å². The van der Waals surface area contributed by atoms with Gasteiger partial charge in [0.15, 0.2) is 0 Å². The zero-order valence-electron chi connectivity index (χ0n) is 8.70. The Morgan fingerprint density at radius 2 is 2.19 bits per heavy atom. The Morgan fingerprint density at radius 1 is 1.38 bits per heavy atom. The van der Waals surface area contributed by atoms with Crippen LogP contribution in [0.25, 0.3) is 11.5 Å². The number of halogens is 2. The molecule has 0 saturated heterocycles. The molecule has 1 aromatic carbocycles. The van der Waals surface area contributed by atoms with Crippen LogP contribution in [-0.2, 0) is 6.42 Å². The first-order valence-electron chi connectivity index (χ1n) is 4.98. The highest BCUT2D eigenvalue weighted by molar-refractivity contribution is 9.10. The molecule has 0 radical (unpaired) electrons. The standard InChI is InChI=1S/C11H10BrClN2O/c1-2-3-10-14-15-11(16-10)8-5-4-7(13)6-9(8)12/h4-6H,2-3H2,1H3. The van der Waals surface area contributed by atoms with Crippen LogP contribution in [-0.4, -0.2) is 10.2 Å². The first-order chi connectivity index (χ1) is 7.70. The summed E-state index contributed by atoms with van der Waals surface area (Å²) in [6, 6.07) is 5.46. The minimum absolute atomic E-state index is 0.520. The lowest BCUT2D eigenvalue weighted by atomic mass is 10.2. The molecule has 2 aromatic rings. The highest BCUT2D eigenvalue weighted by Crippen LogP contribution is 2.29. The molecule has 1 heterocycles. The van der Waals surface area contributed by atoms with E-state index in [2.05, 4.69) is 33.1 Å². The molecule has 84 valence electrons. The third kappa shape index (κ3) is 2.44. The van der Waals surface area contributed by atoms with Crippen LogP contribution < -0.4 is 0 Å². The van der Waals surface area contributed by atoms with Gasteiger partial charge in [-0.25, -0.2) is 0 Å². The van der Waals surface area contributed by atoms with Gasteiger partial charge in [-0.15, -0.1) is 10.2 Å². The molecular weight excluding hydrogens is 291 g/mol. The van der Waals surface area contributed by atoms with Crippen molar-refractivity contribution in [2.75, 3.05) is 0 Å². The number of hydrogen-bond acceptors (Lipinski definition) is 3. The molecule has 2 rings (SSSR count). The molecule has 0 atom stereocenters. The Hall–Kier alpha value is -0.870. The van der Waals surface area contributed by atoms with Gasteiger partial charge >= 0.3 is 0 Å². The van der Waals surface area contributed by atoms with Gasteiger partial charge in [0, 0.05) is 15.9 Å². The normalized spacial score (nSPS) is 10.7. The van der Waals surface area contributed by atoms with E-state index in [4.69, 9.17) is 16.0 Å². The average Bonchev–Trinajstić information content (AvgIpc) is 2.67. The molecule has 0 aliphatic heterocycles. The Bertz CT molecular complexity index is 498. The first-order valence-corrected chi connectivity index (χ1v) is 6.15. The van der Waals surface area contributed by atoms with E-state index in [1.165, 1.54) is 0 Å². The average molecular weight is 302 g/mol. The summed E-state index contributed by atoms with van der Waals surface area (Å²) in [5, 5.41) is 8.65. The van der Waals surface area contributed by atoms with E-state index in [0.29, 0.717) is 16.8 Å². The summed E-state index contributed by atoms with van der Waals surface area (Å²) in [7, 11) is 0. The summed E-state index contributed by atoms with van der Waals surface area (Å²) in [6.07, 6.45) is 1.79. The lowest BCUT2D eigenvalue weighted by Crippen LogP contribution is -1.80. The zero-order chi connectivity index (χ0) is 11.5. The summed E-state index contributed by atoms with van der Waals surface area (Å²) in [6.45, 7) is 2.07. The van der Waals surface area contributed by atoms with Crippen LogP contribution in [0, 0.1) is 0 Å². The van der Waals surface area contributed by atoms with Gasteiger partial charge in [0.2, 0.25) is 11.8 Å². The van der Waals surface area contributed by atoms with Gasteiger partial charge in [-0.3, -0.25) is 0 Å². The number of aromatic nitrogens is 2. The third-order valence-corrected chi connectivity index (χ3v) is 2.98. The van der Waals surface area contributed by atoms with Crippen LogP contribution in [0.15, 0.2) is 27.1 Å². The van der Waals surface area contributed by atoms with Gasteiger partial charge in [0.05, 0.1) is 5.56 Å². The SMILES string of the molecule is CCCc1nnc(-c2ccc(Cl)cc2Br)o1. The third-order valence-electron chi connectivity index (χ3n) is 2.09. The number of nitrogens with zero attached hydrogens (tertiary/aromatic N) is 2. The fourth-order valence-electron chi connectivity index (χ4n) is 1.34. The van der Waals surface area contributed by atoms with E-state index >= 15 is 0 Å². The molecule has 0 N–H and O–H groups in total. The molecule has 0 saturated carbocycles. The monoisotopic (exact) mass is 300 g/mol. The van der Waals surface area contributed by atoms with Crippen molar-refractivity contribution < 1.29 is 4.42 Å². The topological polar surface area (TPSA) is 38.9 Å². The fraction of sp³-hybridized carbons (Fsp3) is 0.273. The molecule has 0 unspecified atom stereocenters. The smallest absolute Gasteiger partial charge is 0.248 e.